The van der Waals surface area contributed by atoms with Gasteiger partial charge in [0.2, 0.25) is 0 Å². The molecule has 0 spiro atoms. The first-order valence-corrected chi connectivity index (χ1v) is 5.58. The van der Waals surface area contributed by atoms with E-state index < -0.39 is 10.9 Å². The van der Waals surface area contributed by atoms with Gasteiger partial charge >= 0.3 is 5.97 Å². The molecule has 5 nitrogen and oxygen atoms in total. The van der Waals surface area contributed by atoms with Crippen LogP contribution in [0.15, 0.2) is 30.3 Å². The molecule has 1 aromatic carbocycles. The third kappa shape index (κ3) is 4.78. The molecule has 0 bridgehead atoms. The van der Waals surface area contributed by atoms with Crippen LogP contribution in [0.25, 0.3) is 6.08 Å². The topological polar surface area (TPSA) is 69.4 Å². The van der Waals surface area contributed by atoms with Gasteiger partial charge in [-0.2, -0.15) is 0 Å². The van der Waals surface area contributed by atoms with Gasteiger partial charge in [0.25, 0.3) is 5.69 Å². The van der Waals surface area contributed by atoms with Crippen molar-refractivity contribution in [2.24, 2.45) is 5.92 Å². The predicted molar refractivity (Wildman–Crippen MR) is 67.9 cm³/mol. The quantitative estimate of drug-likeness (QED) is 0.348. The molecule has 1 aromatic rings. The fourth-order valence-corrected chi connectivity index (χ4v) is 1.17. The van der Waals surface area contributed by atoms with Crippen LogP contribution < -0.4 is 0 Å². The average Bonchev–Trinajstić information content (AvgIpc) is 2.34. The Labute approximate surface area is 105 Å². The van der Waals surface area contributed by atoms with Crippen molar-refractivity contribution >= 4 is 17.7 Å². The van der Waals surface area contributed by atoms with Crippen LogP contribution in [-0.4, -0.2) is 17.5 Å². The lowest BCUT2D eigenvalue weighted by atomic mass is 10.2. The molecule has 0 saturated carbocycles. The van der Waals surface area contributed by atoms with Crippen molar-refractivity contribution in [3.8, 4) is 0 Å². The first-order valence-electron chi connectivity index (χ1n) is 5.58. The van der Waals surface area contributed by atoms with E-state index >= 15 is 0 Å². The normalized spacial score (nSPS) is 10.8. The maximum atomic E-state index is 11.3. The zero-order chi connectivity index (χ0) is 13.5. The third-order valence-corrected chi connectivity index (χ3v) is 2.07. The van der Waals surface area contributed by atoms with Crippen molar-refractivity contribution in [1.29, 1.82) is 0 Å². The second kappa shape index (κ2) is 6.54. The predicted octanol–water partition coefficient (Wildman–Crippen LogP) is 2.81. The van der Waals surface area contributed by atoms with Crippen molar-refractivity contribution in [1.82, 2.24) is 0 Å². The lowest BCUT2D eigenvalue weighted by molar-refractivity contribution is -0.384. The van der Waals surface area contributed by atoms with Crippen LogP contribution in [0.4, 0.5) is 5.69 Å². The number of hydrogen-bond donors (Lipinski definition) is 0. The van der Waals surface area contributed by atoms with E-state index in [0.717, 1.165) is 0 Å². The van der Waals surface area contributed by atoms with E-state index in [0.29, 0.717) is 18.1 Å². The Bertz CT molecular complexity index is 449. The van der Waals surface area contributed by atoms with E-state index in [2.05, 4.69) is 0 Å². The number of nitro groups is 1. The maximum absolute atomic E-state index is 11.3. The second-order valence-corrected chi connectivity index (χ2v) is 4.21. The highest BCUT2D eigenvalue weighted by Gasteiger charge is 2.03. The summed E-state index contributed by atoms with van der Waals surface area (Å²) in [5.74, 6) is -0.122. The second-order valence-electron chi connectivity index (χ2n) is 4.21. The first kappa shape index (κ1) is 13.9. The highest BCUT2D eigenvalue weighted by atomic mass is 16.6. The number of esters is 1. The molecule has 0 aliphatic carbocycles. The minimum absolute atomic E-state index is 0.0227. The lowest BCUT2D eigenvalue weighted by Crippen LogP contribution is -2.06. The first-order chi connectivity index (χ1) is 8.49. The van der Waals surface area contributed by atoms with Crippen LogP contribution in [0.3, 0.4) is 0 Å². The Kier molecular flexibility index (Phi) is 5.05. The zero-order valence-electron chi connectivity index (χ0n) is 10.3. The Morgan fingerprint density at radius 1 is 1.39 bits per heavy atom. The van der Waals surface area contributed by atoms with E-state index in [1.807, 2.05) is 13.8 Å². The molecule has 5 heteroatoms. The molecule has 0 N–H and O–H groups in total. The molecule has 0 aliphatic rings. The summed E-state index contributed by atoms with van der Waals surface area (Å²) in [7, 11) is 0. The number of hydrogen-bond acceptors (Lipinski definition) is 4. The van der Waals surface area contributed by atoms with Gasteiger partial charge in [0.1, 0.15) is 0 Å². The van der Waals surface area contributed by atoms with Gasteiger partial charge in [-0.05, 0) is 29.7 Å². The summed E-state index contributed by atoms with van der Waals surface area (Å²) in [6.07, 6.45) is 2.87. The molecule has 1 rings (SSSR count). The summed E-state index contributed by atoms with van der Waals surface area (Å²) >= 11 is 0. The Hall–Kier alpha value is -2.17. The molecule has 0 heterocycles. The third-order valence-electron chi connectivity index (χ3n) is 2.07. The molecular formula is C13H15NO4. The number of carbonyl (C=O) groups excluding carboxylic acids is 1. The molecule has 0 fully saturated rings. The van der Waals surface area contributed by atoms with Crippen LogP contribution in [0.2, 0.25) is 0 Å². The molecule has 18 heavy (non-hydrogen) atoms. The summed E-state index contributed by atoms with van der Waals surface area (Å²) in [4.78, 5) is 21.3. The Balaban J connectivity index is 2.56. The van der Waals surface area contributed by atoms with Crippen molar-refractivity contribution in [3.63, 3.8) is 0 Å². The fraction of sp³-hybridized carbons (Fsp3) is 0.308. The van der Waals surface area contributed by atoms with Crippen LogP contribution in [0, 0.1) is 16.0 Å². The van der Waals surface area contributed by atoms with Gasteiger partial charge in [0.15, 0.2) is 0 Å². The minimum Gasteiger partial charge on any atom is -0.462 e. The number of non-ortho nitro benzene ring substituents is 1. The highest BCUT2D eigenvalue weighted by Crippen LogP contribution is 2.12. The molecule has 0 atom stereocenters. The van der Waals surface area contributed by atoms with Crippen molar-refractivity contribution < 1.29 is 14.5 Å². The van der Waals surface area contributed by atoms with Crippen molar-refractivity contribution in [3.05, 3.63) is 46.0 Å². The van der Waals surface area contributed by atoms with Gasteiger partial charge in [-0.25, -0.2) is 4.79 Å². The van der Waals surface area contributed by atoms with E-state index in [4.69, 9.17) is 4.74 Å². The summed E-state index contributed by atoms with van der Waals surface area (Å²) in [5.41, 5.74) is 0.733. The average molecular weight is 249 g/mol. The van der Waals surface area contributed by atoms with Gasteiger partial charge in [-0.15, -0.1) is 0 Å². The van der Waals surface area contributed by atoms with Gasteiger partial charge in [0.05, 0.1) is 11.5 Å². The van der Waals surface area contributed by atoms with Crippen LogP contribution >= 0.6 is 0 Å². The lowest BCUT2D eigenvalue weighted by Gasteiger charge is -2.03. The molecule has 0 unspecified atom stereocenters. The van der Waals surface area contributed by atoms with Crippen LogP contribution in [0.5, 0.6) is 0 Å². The molecule has 0 aliphatic heterocycles. The van der Waals surface area contributed by atoms with E-state index in [9.17, 15) is 14.9 Å². The van der Waals surface area contributed by atoms with Crippen molar-refractivity contribution in [2.45, 2.75) is 13.8 Å². The van der Waals surface area contributed by atoms with Gasteiger partial charge in [0, 0.05) is 18.2 Å². The Morgan fingerprint density at radius 3 is 2.50 bits per heavy atom. The van der Waals surface area contributed by atoms with E-state index in [1.54, 1.807) is 18.2 Å². The van der Waals surface area contributed by atoms with Crippen LogP contribution in [-0.2, 0) is 9.53 Å². The van der Waals surface area contributed by atoms with Gasteiger partial charge in [-0.3, -0.25) is 10.1 Å². The Morgan fingerprint density at radius 2 is 2.00 bits per heavy atom. The van der Waals surface area contributed by atoms with Gasteiger partial charge < -0.3 is 4.74 Å². The number of ether oxygens (including phenoxy) is 1. The molecule has 96 valence electrons. The molecule has 0 amide bonds. The molecule has 0 saturated heterocycles. The van der Waals surface area contributed by atoms with E-state index in [1.165, 1.54) is 18.2 Å². The summed E-state index contributed by atoms with van der Waals surface area (Å²) in [6.45, 7) is 4.28. The number of benzene rings is 1. The number of nitro benzene ring substituents is 1. The molecular weight excluding hydrogens is 234 g/mol. The van der Waals surface area contributed by atoms with Crippen LogP contribution in [0.1, 0.15) is 19.4 Å². The summed E-state index contributed by atoms with van der Waals surface area (Å²) in [6, 6.07) is 5.92. The number of carbonyl (C=O) groups is 1. The van der Waals surface area contributed by atoms with Gasteiger partial charge in [-0.1, -0.05) is 13.8 Å². The molecule has 0 aromatic heterocycles. The number of nitrogens with zero attached hydrogens (tertiary/aromatic N) is 1. The molecule has 0 radical (unpaired) electrons. The smallest absolute Gasteiger partial charge is 0.330 e. The summed E-state index contributed by atoms with van der Waals surface area (Å²) in [5, 5.41) is 10.4. The SMILES string of the molecule is CC(C)COC(=O)/C=C/c1ccc([N+](=O)[O-])cc1. The standard InChI is InChI=1S/C13H15NO4/c1-10(2)9-18-13(15)8-5-11-3-6-12(7-4-11)14(16)17/h3-8,10H,9H2,1-2H3/b8-5+. The minimum atomic E-state index is -0.468. The largest absolute Gasteiger partial charge is 0.462 e. The highest BCUT2D eigenvalue weighted by molar-refractivity contribution is 5.87. The monoisotopic (exact) mass is 249 g/mol. The summed E-state index contributed by atoms with van der Waals surface area (Å²) < 4.78 is 4.95. The fourth-order valence-electron chi connectivity index (χ4n) is 1.17. The zero-order valence-corrected chi connectivity index (χ0v) is 10.3. The number of rotatable bonds is 5. The van der Waals surface area contributed by atoms with Crippen molar-refractivity contribution in [2.75, 3.05) is 6.61 Å². The van der Waals surface area contributed by atoms with E-state index in [-0.39, 0.29) is 5.69 Å². The maximum Gasteiger partial charge on any atom is 0.330 e.